The molecule has 0 amide bonds. The number of aromatic nitrogens is 1. The zero-order valence-corrected chi connectivity index (χ0v) is 9.93. The minimum Gasteiger partial charge on any atom is -0.461 e. The van der Waals surface area contributed by atoms with Gasteiger partial charge in [0.2, 0.25) is 0 Å². The Kier molecular flexibility index (Phi) is 3.62. The van der Waals surface area contributed by atoms with E-state index in [-0.39, 0.29) is 12.3 Å². The van der Waals surface area contributed by atoms with E-state index in [1.165, 1.54) is 0 Å². The Morgan fingerprint density at radius 3 is 2.72 bits per heavy atom. The Morgan fingerprint density at radius 2 is 2.06 bits per heavy atom. The third-order valence-corrected chi connectivity index (χ3v) is 2.41. The zero-order valence-electron chi connectivity index (χ0n) is 9.93. The van der Waals surface area contributed by atoms with Crippen molar-refractivity contribution in [2.75, 3.05) is 6.61 Å². The van der Waals surface area contributed by atoms with Gasteiger partial charge in [-0.1, -0.05) is 30.3 Å². The third kappa shape index (κ3) is 2.68. The van der Waals surface area contributed by atoms with Crippen molar-refractivity contribution in [1.82, 2.24) is 4.98 Å². The lowest BCUT2D eigenvalue weighted by molar-refractivity contribution is 0.0518. The second-order valence-corrected chi connectivity index (χ2v) is 3.70. The molecular formula is C13H13NO4. The number of carbonyl (C=O) groups is 1. The maximum absolute atomic E-state index is 11.6. The molecule has 0 bridgehead atoms. The highest BCUT2D eigenvalue weighted by Gasteiger charge is 2.18. The fourth-order valence-corrected chi connectivity index (χ4v) is 1.63. The first-order valence-corrected chi connectivity index (χ1v) is 5.63. The van der Waals surface area contributed by atoms with Crippen LogP contribution in [0.15, 0.2) is 39.5 Å². The van der Waals surface area contributed by atoms with Gasteiger partial charge in [-0.05, 0) is 12.5 Å². The standard InChI is InChI=1S/C13H13NO4/c1-2-17-12(15)11-10(18-13(16)14-11)8-9-6-4-3-5-7-9/h3-7H,2,8H2,1H3,(H,14,16). The van der Waals surface area contributed by atoms with Crippen LogP contribution in [0.2, 0.25) is 0 Å². The number of hydrogen-bond acceptors (Lipinski definition) is 4. The average molecular weight is 247 g/mol. The minimum atomic E-state index is -0.649. The fraction of sp³-hybridized carbons (Fsp3) is 0.231. The Labute approximate surface area is 103 Å². The van der Waals surface area contributed by atoms with E-state index in [1.54, 1.807) is 6.92 Å². The van der Waals surface area contributed by atoms with Gasteiger partial charge in [0.05, 0.1) is 6.61 Å². The van der Waals surface area contributed by atoms with Crippen LogP contribution in [0.3, 0.4) is 0 Å². The number of H-pyrrole nitrogens is 1. The van der Waals surface area contributed by atoms with Gasteiger partial charge in [0, 0.05) is 6.42 Å². The van der Waals surface area contributed by atoms with Gasteiger partial charge in [-0.25, -0.2) is 9.59 Å². The molecule has 0 aliphatic carbocycles. The molecule has 0 fully saturated rings. The molecule has 94 valence electrons. The van der Waals surface area contributed by atoms with E-state index in [9.17, 15) is 9.59 Å². The summed E-state index contributed by atoms with van der Waals surface area (Å²) in [5.41, 5.74) is 1.04. The Balaban J connectivity index is 2.28. The van der Waals surface area contributed by atoms with Gasteiger partial charge < -0.3 is 9.15 Å². The van der Waals surface area contributed by atoms with Crippen molar-refractivity contribution in [2.45, 2.75) is 13.3 Å². The normalized spacial score (nSPS) is 10.3. The van der Waals surface area contributed by atoms with Gasteiger partial charge in [0.1, 0.15) is 5.76 Å². The van der Waals surface area contributed by atoms with Crippen molar-refractivity contribution >= 4 is 5.97 Å². The molecule has 1 aromatic carbocycles. The van der Waals surface area contributed by atoms with Crippen LogP contribution in [0.1, 0.15) is 28.7 Å². The summed E-state index contributed by atoms with van der Waals surface area (Å²) in [6.07, 6.45) is 0.369. The van der Waals surface area contributed by atoms with E-state index in [4.69, 9.17) is 9.15 Å². The summed E-state index contributed by atoms with van der Waals surface area (Å²) in [6.45, 7) is 1.95. The number of carbonyl (C=O) groups excluding carboxylic acids is 1. The number of aromatic amines is 1. The van der Waals surface area contributed by atoms with Gasteiger partial charge >= 0.3 is 11.7 Å². The minimum absolute atomic E-state index is 0.0886. The van der Waals surface area contributed by atoms with Gasteiger partial charge in [0.15, 0.2) is 5.69 Å². The predicted octanol–water partition coefficient (Wildman–Crippen LogP) is 1.74. The molecule has 0 aliphatic rings. The van der Waals surface area contributed by atoms with Crippen molar-refractivity contribution in [1.29, 1.82) is 0 Å². The average Bonchev–Trinajstić information content (AvgIpc) is 2.72. The smallest absolute Gasteiger partial charge is 0.417 e. The van der Waals surface area contributed by atoms with Crippen molar-refractivity contribution in [3.63, 3.8) is 0 Å². The summed E-state index contributed by atoms with van der Waals surface area (Å²) >= 11 is 0. The molecule has 2 aromatic rings. The molecule has 1 aromatic heterocycles. The summed E-state index contributed by atoms with van der Waals surface area (Å²) in [5.74, 6) is -0.928. The highest BCUT2D eigenvalue weighted by atomic mass is 16.5. The van der Waals surface area contributed by atoms with Crippen LogP contribution in [0, 0.1) is 0 Å². The molecule has 0 unspecified atom stereocenters. The molecule has 0 spiro atoms. The first-order chi connectivity index (χ1) is 8.70. The number of oxazole rings is 1. The lowest BCUT2D eigenvalue weighted by Crippen LogP contribution is -2.09. The number of hydrogen-bond donors (Lipinski definition) is 1. The number of nitrogens with one attached hydrogen (secondary N) is 1. The van der Waals surface area contributed by atoms with Crippen LogP contribution in [0.5, 0.6) is 0 Å². The van der Waals surface area contributed by atoms with Crippen LogP contribution in [0.25, 0.3) is 0 Å². The molecular weight excluding hydrogens is 234 g/mol. The molecule has 2 rings (SSSR count). The third-order valence-electron chi connectivity index (χ3n) is 2.41. The number of rotatable bonds is 4. The van der Waals surface area contributed by atoms with Crippen molar-refractivity contribution in [2.24, 2.45) is 0 Å². The largest absolute Gasteiger partial charge is 0.461 e. The van der Waals surface area contributed by atoms with Crippen LogP contribution in [0.4, 0.5) is 0 Å². The molecule has 5 heteroatoms. The molecule has 0 saturated carbocycles. The first-order valence-electron chi connectivity index (χ1n) is 5.63. The van der Waals surface area contributed by atoms with E-state index >= 15 is 0 Å². The molecule has 1 heterocycles. The lowest BCUT2D eigenvalue weighted by atomic mass is 10.1. The lowest BCUT2D eigenvalue weighted by Gasteiger charge is -2.01. The van der Waals surface area contributed by atoms with E-state index in [0.29, 0.717) is 12.2 Å². The maximum Gasteiger partial charge on any atom is 0.417 e. The molecule has 5 nitrogen and oxygen atoms in total. The highest BCUT2D eigenvalue weighted by molar-refractivity contribution is 5.88. The van der Waals surface area contributed by atoms with Crippen molar-refractivity contribution < 1.29 is 13.9 Å². The monoisotopic (exact) mass is 247 g/mol. The van der Waals surface area contributed by atoms with E-state index in [0.717, 1.165) is 5.56 Å². The molecule has 0 atom stereocenters. The SMILES string of the molecule is CCOC(=O)c1[nH]c(=O)oc1Cc1ccccc1. The molecule has 0 radical (unpaired) electrons. The Bertz CT molecular complexity index is 583. The molecule has 0 saturated heterocycles. The fourth-order valence-electron chi connectivity index (χ4n) is 1.63. The van der Waals surface area contributed by atoms with Crippen LogP contribution >= 0.6 is 0 Å². The topological polar surface area (TPSA) is 72.3 Å². The van der Waals surface area contributed by atoms with Gasteiger partial charge in [-0.3, -0.25) is 4.98 Å². The highest BCUT2D eigenvalue weighted by Crippen LogP contribution is 2.12. The van der Waals surface area contributed by atoms with Gasteiger partial charge in [-0.2, -0.15) is 0 Å². The maximum atomic E-state index is 11.6. The number of esters is 1. The van der Waals surface area contributed by atoms with Crippen LogP contribution < -0.4 is 5.76 Å². The number of ether oxygens (including phenoxy) is 1. The van der Waals surface area contributed by atoms with E-state index < -0.39 is 11.7 Å². The summed E-state index contributed by atoms with van der Waals surface area (Å²) in [4.78, 5) is 25.1. The summed E-state index contributed by atoms with van der Waals surface area (Å²) in [5, 5.41) is 0. The molecule has 0 aliphatic heterocycles. The Morgan fingerprint density at radius 1 is 1.33 bits per heavy atom. The number of benzene rings is 1. The molecule has 18 heavy (non-hydrogen) atoms. The van der Waals surface area contributed by atoms with E-state index in [1.807, 2.05) is 30.3 Å². The van der Waals surface area contributed by atoms with Crippen molar-refractivity contribution in [3.8, 4) is 0 Å². The summed E-state index contributed by atoms with van der Waals surface area (Å²) in [6, 6.07) is 9.43. The van der Waals surface area contributed by atoms with Gasteiger partial charge in [-0.15, -0.1) is 0 Å². The van der Waals surface area contributed by atoms with Crippen molar-refractivity contribution in [3.05, 3.63) is 57.9 Å². The molecule has 1 N–H and O–H groups in total. The van der Waals surface area contributed by atoms with E-state index in [2.05, 4.69) is 4.98 Å². The second kappa shape index (κ2) is 5.35. The first kappa shape index (κ1) is 12.2. The quantitative estimate of drug-likeness (QED) is 0.835. The second-order valence-electron chi connectivity index (χ2n) is 3.70. The van der Waals surface area contributed by atoms with Crippen LogP contribution in [-0.2, 0) is 11.2 Å². The van der Waals surface area contributed by atoms with Gasteiger partial charge in [0.25, 0.3) is 0 Å². The summed E-state index contributed by atoms with van der Waals surface area (Å²) in [7, 11) is 0. The predicted molar refractivity (Wildman–Crippen MR) is 64.5 cm³/mol. The summed E-state index contributed by atoms with van der Waals surface area (Å²) < 4.78 is 9.82. The van der Waals surface area contributed by atoms with Crippen LogP contribution in [-0.4, -0.2) is 17.6 Å². The zero-order chi connectivity index (χ0) is 13.0. The Hall–Kier alpha value is -2.30.